The van der Waals surface area contributed by atoms with E-state index in [4.69, 9.17) is 4.74 Å². The Morgan fingerprint density at radius 1 is 1.35 bits per heavy atom. The van der Waals surface area contributed by atoms with Gasteiger partial charge in [0.1, 0.15) is 29.7 Å². The normalized spacial score (nSPS) is 16.8. The number of amides is 1. The van der Waals surface area contributed by atoms with Crippen molar-refractivity contribution in [2.24, 2.45) is 7.05 Å². The molecule has 1 aliphatic heterocycles. The molecule has 3 aromatic heterocycles. The summed E-state index contributed by atoms with van der Waals surface area (Å²) >= 11 is 0. The van der Waals surface area contributed by atoms with Crippen LogP contribution < -0.4 is 15.0 Å². The molecule has 1 fully saturated rings. The largest absolute Gasteiger partial charge is 0.488 e. The summed E-state index contributed by atoms with van der Waals surface area (Å²) in [6, 6.07) is 3.42. The van der Waals surface area contributed by atoms with Crippen LogP contribution >= 0.6 is 0 Å². The van der Waals surface area contributed by atoms with Gasteiger partial charge in [-0.25, -0.2) is 9.97 Å². The van der Waals surface area contributed by atoms with Crippen LogP contribution in [0.15, 0.2) is 30.9 Å². The third-order valence-electron chi connectivity index (χ3n) is 4.45. The molecule has 1 N–H and O–H groups in total. The Kier molecular flexibility index (Phi) is 4.11. The van der Waals surface area contributed by atoms with Gasteiger partial charge < -0.3 is 15.0 Å². The van der Waals surface area contributed by atoms with Crippen molar-refractivity contribution in [3.8, 4) is 5.75 Å². The predicted molar refractivity (Wildman–Crippen MR) is 95.2 cm³/mol. The molecule has 134 valence electrons. The van der Waals surface area contributed by atoms with Crippen LogP contribution in [0.4, 0.5) is 5.82 Å². The Balaban J connectivity index is 1.49. The number of nitrogens with one attached hydrogen (secondary N) is 1. The molecule has 0 radical (unpaired) electrons. The van der Waals surface area contributed by atoms with E-state index in [1.54, 1.807) is 42.6 Å². The summed E-state index contributed by atoms with van der Waals surface area (Å²) in [5, 5.41) is 7.75. The molecule has 1 saturated heterocycles. The van der Waals surface area contributed by atoms with E-state index in [0.717, 1.165) is 29.8 Å². The Bertz CT molecular complexity index is 955. The van der Waals surface area contributed by atoms with E-state index in [2.05, 4.69) is 30.3 Å². The average Bonchev–Trinajstić information content (AvgIpc) is 3.28. The molecule has 0 aromatic carbocycles. The maximum atomic E-state index is 11.7. The van der Waals surface area contributed by atoms with Crippen LogP contribution in [0.2, 0.25) is 0 Å². The molecule has 3 aromatic rings. The number of hydrogen-bond acceptors (Lipinski definition) is 7. The summed E-state index contributed by atoms with van der Waals surface area (Å²) in [4.78, 5) is 26.7. The van der Waals surface area contributed by atoms with Gasteiger partial charge in [-0.1, -0.05) is 0 Å². The Labute approximate surface area is 150 Å². The van der Waals surface area contributed by atoms with Crippen LogP contribution in [0.25, 0.3) is 11.0 Å². The minimum Gasteiger partial charge on any atom is -0.488 e. The van der Waals surface area contributed by atoms with Crippen LogP contribution in [-0.4, -0.2) is 56.9 Å². The monoisotopic (exact) mass is 353 g/mol. The maximum Gasteiger partial charge on any atom is 0.269 e. The summed E-state index contributed by atoms with van der Waals surface area (Å²) < 4.78 is 7.79. The predicted octanol–water partition coefficient (Wildman–Crippen LogP) is 0.776. The van der Waals surface area contributed by atoms with Crippen LogP contribution in [0.1, 0.15) is 16.9 Å². The quantitative estimate of drug-likeness (QED) is 0.740. The summed E-state index contributed by atoms with van der Waals surface area (Å²) in [5.41, 5.74) is 1.15. The number of aryl methyl sites for hydroxylation is 1. The summed E-state index contributed by atoms with van der Waals surface area (Å²) in [7, 11) is 3.44. The summed E-state index contributed by atoms with van der Waals surface area (Å²) in [5.74, 6) is 1.28. The molecule has 1 unspecified atom stereocenters. The standard InChI is InChI=1S/C17H19N7O2/c1-18-17(25)14-7-11(3-5-19-14)26-12-4-6-24(9-12)16-13-8-22-23(2)15(13)20-10-21-16/h3,5,7-8,10,12H,4,6,9H2,1-2H3,(H,18,25). The molecule has 1 aliphatic rings. The van der Waals surface area contributed by atoms with Crippen molar-refractivity contribution in [2.45, 2.75) is 12.5 Å². The van der Waals surface area contributed by atoms with Crippen LogP contribution in [0.5, 0.6) is 5.75 Å². The molecule has 4 heterocycles. The lowest BCUT2D eigenvalue weighted by molar-refractivity contribution is 0.0957. The van der Waals surface area contributed by atoms with Crippen molar-refractivity contribution in [2.75, 3.05) is 25.0 Å². The Morgan fingerprint density at radius 3 is 3.08 bits per heavy atom. The highest BCUT2D eigenvalue weighted by Crippen LogP contribution is 2.27. The van der Waals surface area contributed by atoms with Crippen molar-refractivity contribution in [3.05, 3.63) is 36.5 Å². The lowest BCUT2D eigenvalue weighted by atomic mass is 10.3. The second-order valence-electron chi connectivity index (χ2n) is 6.13. The van der Waals surface area contributed by atoms with Crippen molar-refractivity contribution < 1.29 is 9.53 Å². The molecule has 1 amide bonds. The minimum absolute atomic E-state index is 0.0108. The molecule has 9 heteroatoms. The van der Waals surface area contributed by atoms with Crippen molar-refractivity contribution in [1.82, 2.24) is 30.0 Å². The fraction of sp³-hybridized carbons (Fsp3) is 0.353. The Morgan fingerprint density at radius 2 is 2.23 bits per heavy atom. The number of carbonyl (C=O) groups is 1. The van der Waals surface area contributed by atoms with Gasteiger partial charge in [0.2, 0.25) is 0 Å². The van der Waals surface area contributed by atoms with E-state index < -0.39 is 0 Å². The molecule has 0 spiro atoms. The van der Waals surface area contributed by atoms with E-state index in [1.165, 1.54) is 0 Å². The highest BCUT2D eigenvalue weighted by molar-refractivity contribution is 5.92. The fourth-order valence-electron chi connectivity index (χ4n) is 3.15. The van der Waals surface area contributed by atoms with Gasteiger partial charge in [0.25, 0.3) is 5.91 Å². The first-order valence-corrected chi connectivity index (χ1v) is 8.38. The second-order valence-corrected chi connectivity index (χ2v) is 6.13. The fourth-order valence-corrected chi connectivity index (χ4v) is 3.15. The van der Waals surface area contributed by atoms with E-state index in [-0.39, 0.29) is 12.0 Å². The number of aromatic nitrogens is 5. The van der Waals surface area contributed by atoms with E-state index in [9.17, 15) is 4.79 Å². The molecular formula is C17H19N7O2. The number of hydrogen-bond donors (Lipinski definition) is 1. The van der Waals surface area contributed by atoms with Gasteiger partial charge in [-0.3, -0.25) is 14.5 Å². The molecule has 0 aliphatic carbocycles. The van der Waals surface area contributed by atoms with Crippen molar-refractivity contribution in [3.63, 3.8) is 0 Å². The lowest BCUT2D eigenvalue weighted by Gasteiger charge is -2.18. The average molecular weight is 353 g/mol. The first kappa shape index (κ1) is 16.2. The third-order valence-corrected chi connectivity index (χ3v) is 4.45. The second kappa shape index (κ2) is 6.58. The number of ether oxygens (including phenoxy) is 1. The first-order valence-electron chi connectivity index (χ1n) is 8.38. The van der Waals surface area contributed by atoms with Crippen LogP contribution in [-0.2, 0) is 7.05 Å². The SMILES string of the molecule is CNC(=O)c1cc(OC2CCN(c3ncnc4c3cnn4C)C2)ccn1. The highest BCUT2D eigenvalue weighted by Gasteiger charge is 2.27. The molecule has 26 heavy (non-hydrogen) atoms. The summed E-state index contributed by atoms with van der Waals surface area (Å²) in [6.07, 6.45) is 5.81. The third kappa shape index (κ3) is 2.92. The van der Waals surface area contributed by atoms with Gasteiger partial charge in [-0.15, -0.1) is 0 Å². The van der Waals surface area contributed by atoms with E-state index in [0.29, 0.717) is 18.0 Å². The van der Waals surface area contributed by atoms with E-state index in [1.807, 2.05) is 7.05 Å². The zero-order valence-electron chi connectivity index (χ0n) is 14.6. The molecular weight excluding hydrogens is 334 g/mol. The molecule has 0 bridgehead atoms. The molecule has 0 saturated carbocycles. The molecule has 4 rings (SSSR count). The van der Waals surface area contributed by atoms with Gasteiger partial charge >= 0.3 is 0 Å². The number of rotatable bonds is 4. The molecule has 1 atom stereocenters. The van der Waals surface area contributed by atoms with Crippen molar-refractivity contribution in [1.29, 1.82) is 0 Å². The van der Waals surface area contributed by atoms with Gasteiger partial charge in [0.15, 0.2) is 5.65 Å². The van der Waals surface area contributed by atoms with Crippen LogP contribution in [0.3, 0.4) is 0 Å². The number of pyridine rings is 1. The first-order chi connectivity index (χ1) is 12.7. The number of fused-ring (bicyclic) bond motifs is 1. The smallest absolute Gasteiger partial charge is 0.269 e. The van der Waals surface area contributed by atoms with Gasteiger partial charge in [-0.05, 0) is 6.07 Å². The zero-order chi connectivity index (χ0) is 18.1. The zero-order valence-corrected chi connectivity index (χ0v) is 14.6. The highest BCUT2D eigenvalue weighted by atomic mass is 16.5. The summed E-state index contributed by atoms with van der Waals surface area (Å²) in [6.45, 7) is 1.54. The maximum absolute atomic E-state index is 11.7. The topological polar surface area (TPSA) is 98.1 Å². The van der Waals surface area contributed by atoms with Gasteiger partial charge in [0, 0.05) is 39.3 Å². The van der Waals surface area contributed by atoms with E-state index >= 15 is 0 Å². The van der Waals surface area contributed by atoms with Crippen molar-refractivity contribution >= 4 is 22.8 Å². The number of anilines is 1. The number of nitrogens with zero attached hydrogens (tertiary/aromatic N) is 6. The molecule has 9 nitrogen and oxygen atoms in total. The van der Waals surface area contributed by atoms with Gasteiger partial charge in [-0.2, -0.15) is 5.10 Å². The minimum atomic E-state index is -0.233. The Hall–Kier alpha value is -3.23. The number of carbonyl (C=O) groups excluding carboxylic acids is 1. The lowest BCUT2D eigenvalue weighted by Crippen LogP contribution is -2.25. The van der Waals surface area contributed by atoms with Gasteiger partial charge in [0.05, 0.1) is 18.1 Å². The van der Waals surface area contributed by atoms with Crippen LogP contribution in [0, 0.1) is 0 Å².